The van der Waals surface area contributed by atoms with E-state index >= 15 is 0 Å². The van der Waals surface area contributed by atoms with Crippen molar-refractivity contribution in [2.45, 2.75) is 57.2 Å². The van der Waals surface area contributed by atoms with Gasteiger partial charge in [-0.2, -0.15) is 0 Å². The number of hydrogen-bond donors (Lipinski definition) is 1. The Bertz CT molecular complexity index is 526. The highest BCUT2D eigenvalue weighted by molar-refractivity contribution is 5.79. The van der Waals surface area contributed by atoms with Crippen molar-refractivity contribution in [2.75, 3.05) is 20.1 Å². The lowest BCUT2D eigenvalue weighted by molar-refractivity contribution is -0.141. The number of nitrogens with zero attached hydrogens (tertiary/aromatic N) is 2. The van der Waals surface area contributed by atoms with E-state index in [9.17, 15) is 9.90 Å². The topological polar surface area (TPSA) is 43.8 Å². The van der Waals surface area contributed by atoms with Gasteiger partial charge in [0.1, 0.15) is 0 Å². The molecule has 1 aliphatic heterocycles. The standard InChI is InChI=1S/C20H30N2O2/c1-21(18-9-5-6-10-19(18)23)20(24)17-11-13-22(14-12-17)15-16-7-3-2-4-8-16/h2-4,7-8,17-19,23H,5-6,9-15H2,1H3/t18-,19+/m1/s1. The highest BCUT2D eigenvalue weighted by Crippen LogP contribution is 2.26. The van der Waals surface area contributed by atoms with Gasteiger partial charge in [0.15, 0.2) is 0 Å². The molecular formula is C20H30N2O2. The number of piperidine rings is 1. The molecule has 1 saturated carbocycles. The highest BCUT2D eigenvalue weighted by Gasteiger charge is 2.34. The molecule has 1 heterocycles. The molecule has 2 atom stereocenters. The number of carbonyl (C=O) groups is 1. The number of aliphatic hydroxyl groups excluding tert-OH is 1. The van der Waals surface area contributed by atoms with Crippen LogP contribution in [0, 0.1) is 5.92 Å². The van der Waals surface area contributed by atoms with Crippen molar-refractivity contribution in [2.24, 2.45) is 5.92 Å². The van der Waals surface area contributed by atoms with Crippen LogP contribution in [0.5, 0.6) is 0 Å². The molecule has 0 radical (unpaired) electrons. The van der Waals surface area contributed by atoms with Crippen LogP contribution in [0.2, 0.25) is 0 Å². The van der Waals surface area contributed by atoms with E-state index in [4.69, 9.17) is 0 Å². The zero-order valence-electron chi connectivity index (χ0n) is 14.7. The zero-order valence-corrected chi connectivity index (χ0v) is 14.7. The van der Waals surface area contributed by atoms with Crippen molar-refractivity contribution in [3.63, 3.8) is 0 Å². The number of carbonyl (C=O) groups excluding carboxylic acids is 1. The van der Waals surface area contributed by atoms with Crippen LogP contribution in [0.15, 0.2) is 30.3 Å². The van der Waals surface area contributed by atoms with E-state index in [0.717, 1.165) is 58.2 Å². The third-order valence-electron chi connectivity index (χ3n) is 5.72. The van der Waals surface area contributed by atoms with E-state index in [0.29, 0.717) is 0 Å². The molecule has 1 aromatic rings. The molecule has 0 bridgehead atoms. The largest absolute Gasteiger partial charge is 0.391 e. The van der Waals surface area contributed by atoms with Gasteiger partial charge in [0.25, 0.3) is 0 Å². The van der Waals surface area contributed by atoms with Crippen molar-refractivity contribution in [3.8, 4) is 0 Å². The van der Waals surface area contributed by atoms with Gasteiger partial charge in [0.05, 0.1) is 12.1 Å². The molecule has 1 aliphatic carbocycles. The molecular weight excluding hydrogens is 300 g/mol. The third-order valence-corrected chi connectivity index (χ3v) is 5.72. The Kier molecular flexibility index (Phi) is 5.90. The minimum absolute atomic E-state index is 0.0219. The van der Waals surface area contributed by atoms with E-state index in [2.05, 4.69) is 29.2 Å². The smallest absolute Gasteiger partial charge is 0.225 e. The van der Waals surface area contributed by atoms with E-state index in [1.807, 2.05) is 18.0 Å². The number of rotatable bonds is 4. The minimum Gasteiger partial charge on any atom is -0.391 e. The molecule has 24 heavy (non-hydrogen) atoms. The molecule has 2 aliphatic rings. The summed E-state index contributed by atoms with van der Waals surface area (Å²) in [7, 11) is 1.89. The maximum absolute atomic E-state index is 12.8. The van der Waals surface area contributed by atoms with Gasteiger partial charge >= 0.3 is 0 Å². The van der Waals surface area contributed by atoms with Gasteiger partial charge in [-0.05, 0) is 44.3 Å². The number of aliphatic hydroxyl groups is 1. The maximum Gasteiger partial charge on any atom is 0.225 e. The summed E-state index contributed by atoms with van der Waals surface area (Å²) in [5.41, 5.74) is 1.34. The third kappa shape index (κ3) is 4.17. The Morgan fingerprint density at radius 3 is 2.46 bits per heavy atom. The van der Waals surface area contributed by atoms with Crippen molar-refractivity contribution >= 4 is 5.91 Å². The van der Waals surface area contributed by atoms with E-state index < -0.39 is 0 Å². The van der Waals surface area contributed by atoms with E-state index in [1.165, 1.54) is 5.56 Å². The average Bonchev–Trinajstić information content (AvgIpc) is 2.62. The fraction of sp³-hybridized carbons (Fsp3) is 0.650. The van der Waals surface area contributed by atoms with Gasteiger partial charge in [-0.1, -0.05) is 43.2 Å². The molecule has 3 rings (SSSR count). The fourth-order valence-corrected chi connectivity index (χ4v) is 4.17. The monoisotopic (exact) mass is 330 g/mol. The summed E-state index contributed by atoms with van der Waals surface area (Å²) in [5, 5.41) is 10.2. The Morgan fingerprint density at radius 1 is 1.12 bits per heavy atom. The number of likely N-dealkylation sites (tertiary alicyclic amines) is 1. The molecule has 1 N–H and O–H groups in total. The first-order valence-corrected chi connectivity index (χ1v) is 9.36. The molecule has 1 amide bonds. The summed E-state index contributed by atoms with van der Waals surface area (Å²) >= 11 is 0. The van der Waals surface area contributed by atoms with Crippen LogP contribution < -0.4 is 0 Å². The zero-order chi connectivity index (χ0) is 16.9. The van der Waals surface area contributed by atoms with E-state index in [1.54, 1.807) is 0 Å². The number of hydrogen-bond acceptors (Lipinski definition) is 3. The number of amides is 1. The lowest BCUT2D eigenvalue weighted by Crippen LogP contribution is -2.49. The Balaban J connectivity index is 1.49. The lowest BCUT2D eigenvalue weighted by Gasteiger charge is -2.39. The number of likely N-dealkylation sites (N-methyl/N-ethyl adjacent to an activating group) is 1. The first-order chi connectivity index (χ1) is 11.6. The second kappa shape index (κ2) is 8.13. The second-order valence-corrected chi connectivity index (χ2v) is 7.40. The lowest BCUT2D eigenvalue weighted by atomic mass is 9.89. The minimum atomic E-state index is -0.342. The molecule has 0 aromatic heterocycles. The molecule has 2 fully saturated rings. The van der Waals surface area contributed by atoms with Gasteiger partial charge in [0.2, 0.25) is 5.91 Å². The summed E-state index contributed by atoms with van der Waals surface area (Å²) < 4.78 is 0. The Hall–Kier alpha value is -1.39. The molecule has 4 nitrogen and oxygen atoms in total. The van der Waals surface area contributed by atoms with Crippen LogP contribution in [0.4, 0.5) is 0 Å². The van der Waals surface area contributed by atoms with Crippen molar-refractivity contribution in [3.05, 3.63) is 35.9 Å². The molecule has 132 valence electrons. The molecule has 0 unspecified atom stereocenters. The summed E-state index contributed by atoms with van der Waals surface area (Å²) in [5.74, 6) is 0.358. The van der Waals surface area contributed by atoms with Crippen LogP contribution in [-0.2, 0) is 11.3 Å². The average molecular weight is 330 g/mol. The van der Waals surface area contributed by atoms with Gasteiger partial charge in [-0.25, -0.2) is 0 Å². The first kappa shape index (κ1) is 17.4. The van der Waals surface area contributed by atoms with Crippen LogP contribution in [0.25, 0.3) is 0 Å². The summed E-state index contributed by atoms with van der Waals surface area (Å²) in [4.78, 5) is 17.1. The van der Waals surface area contributed by atoms with Gasteiger partial charge in [-0.3, -0.25) is 9.69 Å². The number of benzene rings is 1. The van der Waals surface area contributed by atoms with Crippen molar-refractivity contribution in [1.82, 2.24) is 9.80 Å². The van der Waals surface area contributed by atoms with Crippen LogP contribution >= 0.6 is 0 Å². The molecule has 0 spiro atoms. The normalized spacial score (nSPS) is 26.2. The van der Waals surface area contributed by atoms with Crippen molar-refractivity contribution < 1.29 is 9.90 Å². The summed E-state index contributed by atoms with van der Waals surface area (Å²) in [6.07, 6.45) is 5.49. The first-order valence-electron chi connectivity index (χ1n) is 9.36. The SMILES string of the molecule is CN(C(=O)C1CCN(Cc2ccccc2)CC1)[C@@H]1CCCC[C@@H]1O. The predicted octanol–water partition coefficient (Wildman–Crippen LogP) is 2.66. The van der Waals surface area contributed by atoms with Crippen LogP contribution in [0.3, 0.4) is 0 Å². The fourth-order valence-electron chi connectivity index (χ4n) is 4.17. The Morgan fingerprint density at radius 2 is 1.79 bits per heavy atom. The summed E-state index contributed by atoms with van der Waals surface area (Å²) in [6, 6.07) is 10.6. The second-order valence-electron chi connectivity index (χ2n) is 7.40. The highest BCUT2D eigenvalue weighted by atomic mass is 16.3. The van der Waals surface area contributed by atoms with E-state index in [-0.39, 0.29) is 24.0 Å². The molecule has 1 saturated heterocycles. The molecule has 1 aromatic carbocycles. The Labute approximate surface area is 145 Å². The molecule has 4 heteroatoms. The van der Waals surface area contributed by atoms with Gasteiger partial charge in [0, 0.05) is 19.5 Å². The quantitative estimate of drug-likeness (QED) is 0.923. The van der Waals surface area contributed by atoms with Crippen LogP contribution in [0.1, 0.15) is 44.1 Å². The van der Waals surface area contributed by atoms with Crippen LogP contribution in [-0.4, -0.2) is 53.1 Å². The maximum atomic E-state index is 12.8. The van der Waals surface area contributed by atoms with Gasteiger partial charge in [-0.15, -0.1) is 0 Å². The van der Waals surface area contributed by atoms with Crippen molar-refractivity contribution in [1.29, 1.82) is 0 Å². The van der Waals surface area contributed by atoms with Gasteiger partial charge < -0.3 is 10.0 Å². The summed E-state index contributed by atoms with van der Waals surface area (Å²) in [6.45, 7) is 2.93. The predicted molar refractivity (Wildman–Crippen MR) is 95.5 cm³/mol.